The van der Waals surface area contributed by atoms with Crippen LogP contribution in [0.25, 0.3) is 66.9 Å². The zero-order valence-electron chi connectivity index (χ0n) is 42.8. The van der Waals surface area contributed by atoms with Crippen LogP contribution in [0.2, 0.25) is 25.7 Å². The van der Waals surface area contributed by atoms with Crippen LogP contribution in [-0.4, -0.2) is 123 Å². The van der Waals surface area contributed by atoms with Crippen molar-refractivity contribution in [2.45, 2.75) is 124 Å². The lowest BCUT2D eigenvalue weighted by molar-refractivity contribution is -0.0504. The minimum absolute atomic E-state index is 0.0126. The molecule has 0 radical (unpaired) electrons. The van der Waals surface area contributed by atoms with Crippen molar-refractivity contribution in [3.05, 3.63) is 72.3 Å². The maximum Gasteiger partial charge on any atom is 0.387 e. The molecule has 2 amide bonds. The Balaban J connectivity index is 0.000000221. The number of carbonyl (C=O) groups is 2. The van der Waals surface area contributed by atoms with E-state index >= 15 is 0 Å². The van der Waals surface area contributed by atoms with Crippen LogP contribution in [0.4, 0.5) is 17.6 Å². The van der Waals surface area contributed by atoms with Crippen molar-refractivity contribution >= 4 is 64.0 Å². The van der Waals surface area contributed by atoms with Crippen molar-refractivity contribution in [3.8, 4) is 34.3 Å². The van der Waals surface area contributed by atoms with Gasteiger partial charge in [0, 0.05) is 75.2 Å². The van der Waals surface area contributed by atoms with Crippen LogP contribution in [0.3, 0.4) is 0 Å². The van der Waals surface area contributed by atoms with Crippen molar-refractivity contribution in [3.63, 3.8) is 0 Å². The summed E-state index contributed by atoms with van der Waals surface area (Å²) < 4.78 is 71.7. The predicted molar refractivity (Wildman–Crippen MR) is 274 cm³/mol. The van der Waals surface area contributed by atoms with Crippen LogP contribution in [0.1, 0.15) is 75.1 Å². The summed E-state index contributed by atoms with van der Waals surface area (Å²) in [5, 5.41) is 34.8. The molecule has 6 heterocycles. The molecule has 0 saturated carbocycles. The summed E-state index contributed by atoms with van der Waals surface area (Å²) >= 11 is 0. The fraction of sp³-hybridized carbons (Fsp3) is 0.440. The van der Waals surface area contributed by atoms with Gasteiger partial charge in [0.25, 0.3) is 11.8 Å². The Morgan fingerprint density at radius 3 is 1.72 bits per heavy atom. The number of alkyl halides is 4. The first-order valence-electron chi connectivity index (χ1n) is 24.0. The van der Waals surface area contributed by atoms with Gasteiger partial charge in [0.15, 0.2) is 11.3 Å². The molecule has 8 aromatic rings. The second-order valence-corrected chi connectivity index (χ2v) is 26.4. The standard InChI is InChI=1S/C28H38F2N6O4Si.C22H24F2N6O3/c1-28(2,3)33-26(38)20-16-35(17-39-12-13-41(4,5)6)25-24(20)32-21(15-31-25)23-19-14-18(40-27(29)30)8-9-22(19)36(34-23)10-7-11-37;1-22(2,3)28-20(32)14-10-25-19-18(14)27-15(11-26-19)17-13-9-12(33-21(23)24)5-6-16(13)30(29-17)7-4-8-31/h8-9,14-16,27,37H,7,10-13,17H2,1-6H3,(H,33,38);5-6,9-11,21,31H,4,7-8H2,1-3H3,(H,25,26)(H,28,32). The molecule has 0 unspecified atom stereocenters. The minimum atomic E-state index is -2.98. The van der Waals surface area contributed by atoms with Gasteiger partial charge in [-0.15, -0.1) is 0 Å². The van der Waals surface area contributed by atoms with E-state index in [0.29, 0.717) is 111 Å². The number of benzene rings is 2. The van der Waals surface area contributed by atoms with Crippen LogP contribution in [0.15, 0.2) is 61.2 Å². The maximum atomic E-state index is 13.3. The van der Waals surface area contributed by atoms with E-state index in [1.807, 2.05) is 41.5 Å². The number of halogens is 4. The normalized spacial score (nSPS) is 12.3. The van der Waals surface area contributed by atoms with Gasteiger partial charge >= 0.3 is 13.2 Å². The smallest absolute Gasteiger partial charge is 0.387 e. The van der Waals surface area contributed by atoms with E-state index in [4.69, 9.17) is 9.72 Å². The van der Waals surface area contributed by atoms with Gasteiger partial charge in [0.05, 0.1) is 34.6 Å². The molecule has 19 nitrogen and oxygen atoms in total. The van der Waals surface area contributed by atoms with E-state index in [0.717, 1.165) is 6.04 Å². The summed E-state index contributed by atoms with van der Waals surface area (Å²) in [7, 11) is -1.28. The van der Waals surface area contributed by atoms with E-state index in [9.17, 15) is 37.4 Å². The molecule has 0 atom stereocenters. The van der Waals surface area contributed by atoms with Crippen molar-refractivity contribution in [2.75, 3.05) is 19.8 Å². The summed E-state index contributed by atoms with van der Waals surface area (Å²) in [5.74, 6) is -0.635. The summed E-state index contributed by atoms with van der Waals surface area (Å²) in [6, 6.07) is 10.1. The second-order valence-electron chi connectivity index (χ2n) is 20.8. The van der Waals surface area contributed by atoms with Gasteiger partial charge in [0.1, 0.15) is 52.0 Å². The fourth-order valence-electron chi connectivity index (χ4n) is 7.80. The lowest BCUT2D eigenvalue weighted by atomic mass is 10.1. The highest BCUT2D eigenvalue weighted by Gasteiger charge is 2.26. The molecule has 0 saturated heterocycles. The molecule has 0 aliphatic heterocycles. The number of hydrogen-bond acceptors (Lipinski definition) is 13. The van der Waals surface area contributed by atoms with Crippen molar-refractivity contribution in [1.29, 1.82) is 0 Å². The largest absolute Gasteiger partial charge is 0.435 e. The fourth-order valence-corrected chi connectivity index (χ4v) is 8.55. The Labute approximate surface area is 424 Å². The zero-order chi connectivity index (χ0) is 53.7. The quantitative estimate of drug-likeness (QED) is 0.0290. The number of ether oxygens (including phenoxy) is 3. The number of nitrogens with one attached hydrogen (secondary N) is 3. The molecule has 6 aromatic heterocycles. The summed E-state index contributed by atoms with van der Waals surface area (Å²) in [6.45, 7) is 13.8. The number of aromatic amines is 1. The van der Waals surface area contributed by atoms with E-state index in [1.54, 1.807) is 44.7 Å². The van der Waals surface area contributed by atoms with E-state index < -0.39 is 32.4 Å². The highest BCUT2D eigenvalue weighted by molar-refractivity contribution is 6.76. The molecule has 74 heavy (non-hydrogen) atoms. The highest BCUT2D eigenvalue weighted by atomic mass is 28.3. The molecule has 0 fully saturated rings. The molecule has 0 spiro atoms. The monoisotopic (exact) mass is 1050 g/mol. The Bertz CT molecular complexity index is 3260. The Morgan fingerprint density at radius 2 is 1.23 bits per heavy atom. The predicted octanol–water partition coefficient (Wildman–Crippen LogP) is 8.76. The van der Waals surface area contributed by atoms with Gasteiger partial charge in [-0.2, -0.15) is 27.8 Å². The molecule has 24 heteroatoms. The summed E-state index contributed by atoms with van der Waals surface area (Å²) in [5.41, 5.74) is 4.27. The third kappa shape index (κ3) is 13.6. The molecule has 8 rings (SSSR count). The Hall–Kier alpha value is -7.02. The van der Waals surface area contributed by atoms with E-state index in [-0.39, 0.29) is 43.3 Å². The number of aliphatic hydroxyl groups is 2. The summed E-state index contributed by atoms with van der Waals surface area (Å²) in [4.78, 5) is 47.4. The van der Waals surface area contributed by atoms with Gasteiger partial charge in [-0.25, -0.2) is 19.9 Å². The van der Waals surface area contributed by atoms with Gasteiger partial charge < -0.3 is 44.6 Å². The topological polar surface area (TPSA) is 234 Å². The molecular formula is C50H62F4N12O7Si. The SMILES string of the molecule is CC(C)(C)NC(=O)c1c[nH]c2ncc(-c3nn(CCCO)c4ccc(OC(F)F)cc34)nc12.CC(C)(C)NC(=O)c1cn(COCC[Si](C)(C)C)c2ncc(-c3nn(CCCO)c4ccc(OC(F)F)cc34)nc12. The number of H-pyrrole nitrogens is 1. The zero-order valence-corrected chi connectivity index (χ0v) is 43.8. The van der Waals surface area contributed by atoms with Crippen LogP contribution >= 0.6 is 0 Å². The molecule has 0 bridgehead atoms. The van der Waals surface area contributed by atoms with E-state index in [2.05, 4.69) is 69.9 Å². The van der Waals surface area contributed by atoms with Gasteiger partial charge in [0.2, 0.25) is 0 Å². The number of carbonyl (C=O) groups excluding carboxylic acids is 2. The molecule has 0 aliphatic carbocycles. The number of aryl methyl sites for hydroxylation is 2. The van der Waals surface area contributed by atoms with Crippen molar-refractivity contribution in [2.24, 2.45) is 0 Å². The third-order valence-electron chi connectivity index (χ3n) is 11.1. The number of fused-ring (bicyclic) bond motifs is 4. The number of hydrogen-bond donors (Lipinski definition) is 5. The first-order valence-corrected chi connectivity index (χ1v) is 27.7. The van der Waals surface area contributed by atoms with E-state index in [1.165, 1.54) is 30.5 Å². The third-order valence-corrected chi connectivity index (χ3v) is 12.8. The summed E-state index contributed by atoms with van der Waals surface area (Å²) in [6.07, 6.45) is 7.20. The van der Waals surface area contributed by atoms with Crippen molar-refractivity contribution < 1.29 is 51.6 Å². The first-order chi connectivity index (χ1) is 34.9. The van der Waals surface area contributed by atoms with Gasteiger partial charge in [-0.3, -0.25) is 19.0 Å². The number of nitrogens with zero attached hydrogens (tertiary/aromatic N) is 9. The van der Waals surface area contributed by atoms with Crippen LogP contribution in [-0.2, 0) is 24.6 Å². The molecule has 2 aromatic carbocycles. The van der Waals surface area contributed by atoms with Gasteiger partial charge in [-0.1, -0.05) is 19.6 Å². The number of aromatic nitrogens is 10. The molecule has 5 N–H and O–H groups in total. The number of aliphatic hydroxyl groups excluding tert-OH is 2. The molecular weight excluding hydrogens is 985 g/mol. The van der Waals surface area contributed by atoms with Crippen LogP contribution in [0, 0.1) is 0 Å². The van der Waals surface area contributed by atoms with Crippen molar-refractivity contribution in [1.82, 2.24) is 59.7 Å². The average molecular weight is 1050 g/mol. The first kappa shape index (κ1) is 54.7. The minimum Gasteiger partial charge on any atom is -0.435 e. The average Bonchev–Trinajstić information content (AvgIpc) is 4.09. The van der Waals surface area contributed by atoms with Crippen LogP contribution in [0.5, 0.6) is 11.5 Å². The maximum absolute atomic E-state index is 13.3. The molecule has 0 aliphatic rings. The Morgan fingerprint density at radius 1 is 0.730 bits per heavy atom. The van der Waals surface area contributed by atoms with Gasteiger partial charge in [-0.05, 0) is 96.8 Å². The highest BCUT2D eigenvalue weighted by Crippen LogP contribution is 2.34. The number of rotatable bonds is 19. The number of amides is 2. The lowest BCUT2D eigenvalue weighted by Gasteiger charge is -2.20. The molecule has 396 valence electrons. The Kier molecular flexibility index (Phi) is 16.7. The lowest BCUT2D eigenvalue weighted by Crippen LogP contribution is -2.40. The second kappa shape index (κ2) is 22.6. The van der Waals surface area contributed by atoms with Crippen LogP contribution < -0.4 is 20.1 Å².